The molecule has 3 rings (SSSR count). The number of rotatable bonds is 6. The van der Waals surface area contributed by atoms with Gasteiger partial charge in [0.25, 0.3) is 5.91 Å². The lowest BCUT2D eigenvalue weighted by atomic mass is 10.0. The van der Waals surface area contributed by atoms with E-state index in [1.54, 1.807) is 19.1 Å². The van der Waals surface area contributed by atoms with Crippen LogP contribution < -0.4 is 5.32 Å². The summed E-state index contributed by atoms with van der Waals surface area (Å²) in [6.45, 7) is 1.21. The molecule has 0 aliphatic carbocycles. The fourth-order valence-electron chi connectivity index (χ4n) is 2.68. The van der Waals surface area contributed by atoms with Gasteiger partial charge in [-0.15, -0.1) is 0 Å². The molecule has 0 atom stereocenters. The number of esters is 1. The number of aryl methyl sites for hydroxylation is 1. The van der Waals surface area contributed by atoms with Gasteiger partial charge < -0.3 is 10.1 Å². The first-order chi connectivity index (χ1) is 13.5. The van der Waals surface area contributed by atoms with Crippen LogP contribution in [0.15, 0.2) is 72.8 Å². The molecule has 28 heavy (non-hydrogen) atoms. The van der Waals surface area contributed by atoms with E-state index in [4.69, 9.17) is 4.74 Å². The predicted molar refractivity (Wildman–Crippen MR) is 106 cm³/mol. The second-order valence-electron chi connectivity index (χ2n) is 6.41. The molecule has 0 heterocycles. The van der Waals surface area contributed by atoms with Gasteiger partial charge in [0.15, 0.2) is 6.61 Å². The van der Waals surface area contributed by atoms with Crippen molar-refractivity contribution < 1.29 is 18.7 Å². The molecule has 0 spiro atoms. The third kappa shape index (κ3) is 5.27. The fourth-order valence-corrected chi connectivity index (χ4v) is 2.68. The maximum Gasteiger partial charge on any atom is 0.310 e. The molecule has 0 bridgehead atoms. The number of benzene rings is 3. The lowest BCUT2D eigenvalue weighted by Gasteiger charge is -2.08. The quantitative estimate of drug-likeness (QED) is 0.643. The van der Waals surface area contributed by atoms with E-state index in [-0.39, 0.29) is 6.42 Å². The molecule has 1 N–H and O–H groups in total. The number of anilines is 1. The van der Waals surface area contributed by atoms with Crippen LogP contribution in [0.25, 0.3) is 11.1 Å². The highest BCUT2D eigenvalue weighted by atomic mass is 19.1. The van der Waals surface area contributed by atoms with E-state index in [0.717, 1.165) is 16.7 Å². The second kappa shape index (κ2) is 8.95. The van der Waals surface area contributed by atoms with E-state index >= 15 is 0 Å². The van der Waals surface area contributed by atoms with Gasteiger partial charge in [-0.3, -0.25) is 9.59 Å². The van der Waals surface area contributed by atoms with Crippen molar-refractivity contribution in [2.75, 3.05) is 11.9 Å². The molecule has 0 unspecified atom stereocenters. The summed E-state index contributed by atoms with van der Waals surface area (Å²) < 4.78 is 18.5. The van der Waals surface area contributed by atoms with Crippen molar-refractivity contribution in [1.29, 1.82) is 0 Å². The normalized spacial score (nSPS) is 10.4. The summed E-state index contributed by atoms with van der Waals surface area (Å²) in [4.78, 5) is 23.8. The highest BCUT2D eigenvalue weighted by Gasteiger charge is 2.10. The standard InChI is InChI=1S/C23H20FNO3/c1-16-7-12-20(14-21(16)24)25-22(26)15-28-23(27)13-17-8-10-19(11-9-17)18-5-3-2-4-6-18/h2-12,14H,13,15H2,1H3,(H,25,26). The lowest BCUT2D eigenvalue weighted by Crippen LogP contribution is -2.21. The summed E-state index contributed by atoms with van der Waals surface area (Å²) in [6.07, 6.45) is 0.0709. The van der Waals surface area contributed by atoms with Gasteiger partial charge in [-0.1, -0.05) is 60.7 Å². The first-order valence-electron chi connectivity index (χ1n) is 8.87. The van der Waals surface area contributed by atoms with Crippen LogP contribution in [0, 0.1) is 12.7 Å². The highest BCUT2D eigenvalue weighted by molar-refractivity contribution is 5.92. The zero-order valence-electron chi connectivity index (χ0n) is 15.4. The highest BCUT2D eigenvalue weighted by Crippen LogP contribution is 2.19. The average Bonchev–Trinajstić information content (AvgIpc) is 2.70. The largest absolute Gasteiger partial charge is 0.455 e. The van der Waals surface area contributed by atoms with Crippen molar-refractivity contribution in [3.05, 3.63) is 89.7 Å². The van der Waals surface area contributed by atoms with E-state index in [2.05, 4.69) is 5.32 Å². The van der Waals surface area contributed by atoms with Gasteiger partial charge in [-0.05, 0) is 41.3 Å². The van der Waals surface area contributed by atoms with Crippen molar-refractivity contribution in [1.82, 2.24) is 0 Å². The lowest BCUT2D eigenvalue weighted by molar-refractivity contribution is -0.146. The number of nitrogens with one attached hydrogen (secondary N) is 1. The van der Waals surface area contributed by atoms with Crippen LogP contribution in [-0.2, 0) is 20.7 Å². The van der Waals surface area contributed by atoms with Crippen LogP contribution in [0.1, 0.15) is 11.1 Å². The summed E-state index contributed by atoms with van der Waals surface area (Å²) in [5.74, 6) is -1.43. The van der Waals surface area contributed by atoms with E-state index in [1.807, 2.05) is 54.6 Å². The number of hydrogen-bond acceptors (Lipinski definition) is 3. The molecular weight excluding hydrogens is 357 g/mol. The van der Waals surface area contributed by atoms with Gasteiger partial charge >= 0.3 is 5.97 Å². The molecule has 1 amide bonds. The van der Waals surface area contributed by atoms with E-state index in [0.29, 0.717) is 11.3 Å². The number of hydrogen-bond donors (Lipinski definition) is 1. The van der Waals surface area contributed by atoms with Gasteiger partial charge in [-0.2, -0.15) is 0 Å². The molecule has 0 aliphatic rings. The fraction of sp³-hybridized carbons (Fsp3) is 0.130. The van der Waals surface area contributed by atoms with Crippen LogP contribution >= 0.6 is 0 Å². The number of carbonyl (C=O) groups is 2. The maximum absolute atomic E-state index is 13.5. The Balaban J connectivity index is 1.48. The SMILES string of the molecule is Cc1ccc(NC(=O)COC(=O)Cc2ccc(-c3ccccc3)cc2)cc1F. The Morgan fingerprint density at radius 1 is 0.929 bits per heavy atom. The minimum atomic E-state index is -0.518. The third-order valence-electron chi connectivity index (χ3n) is 4.23. The molecule has 142 valence electrons. The Labute approximate surface area is 163 Å². The number of amides is 1. The van der Waals surface area contributed by atoms with Crippen molar-refractivity contribution >= 4 is 17.6 Å². The van der Waals surface area contributed by atoms with Gasteiger partial charge in [0.05, 0.1) is 6.42 Å². The summed E-state index contributed by atoms with van der Waals surface area (Å²) in [6, 6.07) is 21.9. The van der Waals surface area contributed by atoms with Crippen molar-refractivity contribution in [2.45, 2.75) is 13.3 Å². The molecule has 3 aromatic rings. The Hall–Kier alpha value is -3.47. The number of halogens is 1. The molecule has 5 heteroatoms. The minimum absolute atomic E-state index is 0.0709. The first-order valence-corrected chi connectivity index (χ1v) is 8.87. The van der Waals surface area contributed by atoms with E-state index in [1.165, 1.54) is 6.07 Å². The Kier molecular flexibility index (Phi) is 6.17. The zero-order chi connectivity index (χ0) is 19.9. The monoisotopic (exact) mass is 377 g/mol. The van der Waals surface area contributed by atoms with E-state index in [9.17, 15) is 14.0 Å². The molecule has 3 aromatic carbocycles. The molecule has 0 aromatic heterocycles. The predicted octanol–water partition coefficient (Wildman–Crippen LogP) is 4.53. The van der Waals surface area contributed by atoms with Gasteiger partial charge in [0.1, 0.15) is 5.82 Å². The van der Waals surface area contributed by atoms with Gasteiger partial charge in [0, 0.05) is 5.69 Å². The summed E-state index contributed by atoms with van der Waals surface area (Å²) in [7, 11) is 0. The number of ether oxygens (including phenoxy) is 1. The molecule has 0 saturated carbocycles. The molecule has 0 fully saturated rings. The first kappa shape index (κ1) is 19.3. The maximum atomic E-state index is 13.5. The zero-order valence-corrected chi connectivity index (χ0v) is 15.4. The van der Waals surface area contributed by atoms with Crippen LogP contribution in [0.2, 0.25) is 0 Å². The van der Waals surface area contributed by atoms with Gasteiger partial charge in [-0.25, -0.2) is 4.39 Å². The molecule has 4 nitrogen and oxygen atoms in total. The van der Waals surface area contributed by atoms with Crippen LogP contribution in [-0.4, -0.2) is 18.5 Å². The summed E-state index contributed by atoms with van der Waals surface area (Å²) in [5.41, 5.74) is 3.76. The van der Waals surface area contributed by atoms with Crippen LogP contribution in [0.4, 0.5) is 10.1 Å². The van der Waals surface area contributed by atoms with Crippen LogP contribution in [0.5, 0.6) is 0 Å². The molecule has 0 aliphatic heterocycles. The summed E-state index contributed by atoms with van der Waals surface area (Å²) >= 11 is 0. The molecule has 0 radical (unpaired) electrons. The molecule has 0 saturated heterocycles. The van der Waals surface area contributed by atoms with Crippen LogP contribution in [0.3, 0.4) is 0 Å². The Morgan fingerprint density at radius 3 is 2.29 bits per heavy atom. The average molecular weight is 377 g/mol. The number of carbonyl (C=O) groups excluding carboxylic acids is 2. The van der Waals surface area contributed by atoms with Crippen molar-refractivity contribution in [2.24, 2.45) is 0 Å². The Bertz CT molecular complexity index is 969. The topological polar surface area (TPSA) is 55.4 Å². The van der Waals surface area contributed by atoms with E-state index < -0.39 is 24.3 Å². The Morgan fingerprint density at radius 2 is 1.61 bits per heavy atom. The third-order valence-corrected chi connectivity index (χ3v) is 4.23. The van der Waals surface area contributed by atoms with Crippen molar-refractivity contribution in [3.63, 3.8) is 0 Å². The van der Waals surface area contributed by atoms with Crippen molar-refractivity contribution in [3.8, 4) is 11.1 Å². The summed E-state index contributed by atoms with van der Waals surface area (Å²) in [5, 5.41) is 2.50. The minimum Gasteiger partial charge on any atom is -0.455 e. The second-order valence-corrected chi connectivity index (χ2v) is 6.41. The van der Waals surface area contributed by atoms with Gasteiger partial charge in [0.2, 0.25) is 0 Å². The smallest absolute Gasteiger partial charge is 0.310 e. The molecular formula is C23H20FNO3.